The molecule has 1 aromatic heterocycles. The van der Waals surface area contributed by atoms with E-state index in [9.17, 15) is 9.59 Å². The van der Waals surface area contributed by atoms with Crippen molar-refractivity contribution in [2.24, 2.45) is 5.10 Å². The van der Waals surface area contributed by atoms with Crippen molar-refractivity contribution in [3.8, 4) is 5.75 Å². The molecular weight excluding hydrogens is 378 g/mol. The molecule has 0 atom stereocenters. The number of nitrogens with zero attached hydrogens (tertiary/aromatic N) is 1. The molecule has 8 heteroatoms. The summed E-state index contributed by atoms with van der Waals surface area (Å²) in [4.78, 5) is 23.4. The van der Waals surface area contributed by atoms with Crippen LogP contribution in [0.15, 0.2) is 50.6 Å². The van der Waals surface area contributed by atoms with Crippen molar-refractivity contribution in [3.63, 3.8) is 0 Å². The van der Waals surface area contributed by atoms with Crippen LogP contribution in [-0.4, -0.2) is 24.6 Å². The van der Waals surface area contributed by atoms with Crippen molar-refractivity contribution < 1.29 is 18.7 Å². The zero-order valence-electron chi connectivity index (χ0n) is 13.1. The maximum absolute atomic E-state index is 11.7. The number of halogens is 1. The number of furan rings is 1. The quantitative estimate of drug-likeness (QED) is 0.462. The van der Waals surface area contributed by atoms with Crippen LogP contribution >= 0.6 is 15.9 Å². The molecule has 0 unspecified atom stereocenters. The van der Waals surface area contributed by atoms with Crippen LogP contribution in [0.4, 0.5) is 0 Å². The lowest BCUT2D eigenvalue weighted by Gasteiger charge is -2.06. The first-order valence-electron chi connectivity index (χ1n) is 7.00. The molecule has 2 N–H and O–H groups in total. The van der Waals surface area contributed by atoms with Gasteiger partial charge in [-0.05, 0) is 58.7 Å². The van der Waals surface area contributed by atoms with E-state index in [0.717, 1.165) is 10.0 Å². The SMILES string of the molecule is COc1ccc(/C(C)=N\NC(=O)C(=O)NCc2ccco2)cc1Br. The van der Waals surface area contributed by atoms with Gasteiger partial charge in [-0.2, -0.15) is 5.10 Å². The highest BCUT2D eigenvalue weighted by molar-refractivity contribution is 9.10. The highest BCUT2D eigenvalue weighted by Crippen LogP contribution is 2.25. The number of amides is 2. The summed E-state index contributed by atoms with van der Waals surface area (Å²) in [5.74, 6) is -0.404. The molecule has 126 valence electrons. The Hall–Kier alpha value is -2.61. The highest BCUT2D eigenvalue weighted by atomic mass is 79.9. The Morgan fingerprint density at radius 3 is 2.71 bits per heavy atom. The predicted octanol–water partition coefficient (Wildman–Crippen LogP) is 2.21. The number of ether oxygens (including phenoxy) is 1. The van der Waals surface area contributed by atoms with Gasteiger partial charge < -0.3 is 14.5 Å². The van der Waals surface area contributed by atoms with Gasteiger partial charge >= 0.3 is 11.8 Å². The van der Waals surface area contributed by atoms with Gasteiger partial charge in [0, 0.05) is 0 Å². The molecule has 24 heavy (non-hydrogen) atoms. The third-order valence-corrected chi connectivity index (χ3v) is 3.72. The summed E-state index contributed by atoms with van der Waals surface area (Å²) in [6, 6.07) is 8.77. The van der Waals surface area contributed by atoms with Crippen molar-refractivity contribution in [3.05, 3.63) is 52.4 Å². The minimum atomic E-state index is -0.853. The van der Waals surface area contributed by atoms with E-state index < -0.39 is 11.8 Å². The van der Waals surface area contributed by atoms with Gasteiger partial charge in [-0.25, -0.2) is 5.43 Å². The number of carbonyl (C=O) groups is 2. The molecule has 1 aromatic carbocycles. The molecule has 0 bridgehead atoms. The van der Waals surface area contributed by atoms with Gasteiger partial charge in [-0.15, -0.1) is 0 Å². The molecule has 2 aromatic rings. The second-order valence-electron chi connectivity index (χ2n) is 4.75. The Morgan fingerprint density at radius 1 is 1.29 bits per heavy atom. The number of rotatable bonds is 5. The number of nitrogens with one attached hydrogen (secondary N) is 2. The third-order valence-electron chi connectivity index (χ3n) is 3.10. The first kappa shape index (κ1) is 17.7. The molecule has 0 aliphatic carbocycles. The fraction of sp³-hybridized carbons (Fsp3) is 0.188. The third kappa shape index (κ3) is 4.69. The molecule has 2 amide bonds. The molecule has 0 aliphatic heterocycles. The van der Waals surface area contributed by atoms with E-state index in [0.29, 0.717) is 17.2 Å². The standard InChI is InChI=1S/C16H16BrN3O4/c1-10(11-5-6-14(23-2)13(17)8-11)19-20-16(22)15(21)18-9-12-4-3-7-24-12/h3-8H,9H2,1-2H3,(H,18,21)(H,20,22)/b19-10-. The topological polar surface area (TPSA) is 92.9 Å². The summed E-state index contributed by atoms with van der Waals surface area (Å²) in [5, 5.41) is 6.36. The molecule has 1 heterocycles. The fourth-order valence-corrected chi connectivity index (χ4v) is 2.34. The molecule has 0 fully saturated rings. The van der Waals surface area contributed by atoms with Crippen molar-refractivity contribution in [1.29, 1.82) is 0 Å². The van der Waals surface area contributed by atoms with E-state index in [1.807, 2.05) is 0 Å². The van der Waals surface area contributed by atoms with Crippen molar-refractivity contribution >= 4 is 33.5 Å². The Labute approximate surface area is 147 Å². The van der Waals surface area contributed by atoms with E-state index in [1.54, 1.807) is 44.4 Å². The number of hydrazone groups is 1. The number of benzene rings is 1. The summed E-state index contributed by atoms with van der Waals surface area (Å²) in [6.07, 6.45) is 1.49. The lowest BCUT2D eigenvalue weighted by Crippen LogP contribution is -2.37. The summed E-state index contributed by atoms with van der Waals surface area (Å²) in [6.45, 7) is 1.85. The molecular formula is C16H16BrN3O4. The largest absolute Gasteiger partial charge is 0.496 e. The minimum absolute atomic E-state index is 0.132. The van der Waals surface area contributed by atoms with Crippen LogP contribution in [0, 0.1) is 0 Å². The highest BCUT2D eigenvalue weighted by Gasteiger charge is 2.13. The van der Waals surface area contributed by atoms with Gasteiger partial charge in [0.25, 0.3) is 0 Å². The van der Waals surface area contributed by atoms with Gasteiger partial charge in [0.2, 0.25) is 0 Å². The molecule has 7 nitrogen and oxygen atoms in total. The Morgan fingerprint density at radius 2 is 2.08 bits per heavy atom. The molecule has 0 spiro atoms. The van der Waals surface area contributed by atoms with Crippen LogP contribution in [-0.2, 0) is 16.1 Å². The van der Waals surface area contributed by atoms with Crippen molar-refractivity contribution in [2.75, 3.05) is 7.11 Å². The monoisotopic (exact) mass is 393 g/mol. The molecule has 0 radical (unpaired) electrons. The summed E-state index contributed by atoms with van der Waals surface area (Å²) in [5.41, 5.74) is 3.54. The zero-order chi connectivity index (χ0) is 17.5. The molecule has 2 rings (SSSR count). The average Bonchev–Trinajstić information content (AvgIpc) is 3.10. The normalized spacial score (nSPS) is 11.0. The molecule has 0 aliphatic rings. The average molecular weight is 394 g/mol. The Bertz CT molecular complexity index is 757. The van der Waals surface area contributed by atoms with Crippen LogP contribution in [0.3, 0.4) is 0 Å². The smallest absolute Gasteiger partial charge is 0.329 e. The molecule has 0 saturated carbocycles. The van der Waals surface area contributed by atoms with Crippen LogP contribution in [0.5, 0.6) is 5.75 Å². The van der Waals surface area contributed by atoms with E-state index in [1.165, 1.54) is 6.26 Å². The number of hydrogen-bond donors (Lipinski definition) is 2. The first-order chi connectivity index (χ1) is 11.5. The van der Waals surface area contributed by atoms with Crippen LogP contribution in [0.25, 0.3) is 0 Å². The maximum atomic E-state index is 11.7. The van der Waals surface area contributed by atoms with Gasteiger partial charge in [-0.3, -0.25) is 9.59 Å². The van der Waals surface area contributed by atoms with Gasteiger partial charge in [0.1, 0.15) is 11.5 Å². The Balaban J connectivity index is 1.92. The summed E-state index contributed by atoms with van der Waals surface area (Å²) >= 11 is 3.38. The fourth-order valence-electron chi connectivity index (χ4n) is 1.80. The number of methoxy groups -OCH3 is 1. The van der Waals surface area contributed by atoms with Crippen LogP contribution < -0.4 is 15.5 Å². The zero-order valence-corrected chi connectivity index (χ0v) is 14.7. The van der Waals surface area contributed by atoms with E-state index in [-0.39, 0.29) is 6.54 Å². The lowest BCUT2D eigenvalue weighted by molar-refractivity contribution is -0.139. The van der Waals surface area contributed by atoms with Crippen LogP contribution in [0.1, 0.15) is 18.2 Å². The Kier molecular flexibility index (Phi) is 6.14. The van der Waals surface area contributed by atoms with E-state index in [4.69, 9.17) is 9.15 Å². The lowest BCUT2D eigenvalue weighted by atomic mass is 10.1. The van der Waals surface area contributed by atoms with Crippen molar-refractivity contribution in [1.82, 2.24) is 10.7 Å². The molecule has 0 saturated heterocycles. The van der Waals surface area contributed by atoms with E-state index in [2.05, 4.69) is 31.8 Å². The second kappa shape index (κ2) is 8.30. The first-order valence-corrected chi connectivity index (χ1v) is 7.79. The predicted molar refractivity (Wildman–Crippen MR) is 91.6 cm³/mol. The summed E-state index contributed by atoms with van der Waals surface area (Å²) < 4.78 is 11.0. The van der Waals surface area contributed by atoms with Gasteiger partial charge in [-0.1, -0.05) is 0 Å². The second-order valence-corrected chi connectivity index (χ2v) is 5.60. The number of carbonyl (C=O) groups excluding carboxylic acids is 2. The van der Waals surface area contributed by atoms with Crippen LogP contribution in [0.2, 0.25) is 0 Å². The maximum Gasteiger partial charge on any atom is 0.329 e. The van der Waals surface area contributed by atoms with Gasteiger partial charge in [0.15, 0.2) is 0 Å². The van der Waals surface area contributed by atoms with Crippen molar-refractivity contribution in [2.45, 2.75) is 13.5 Å². The van der Waals surface area contributed by atoms with Gasteiger partial charge in [0.05, 0.1) is 30.1 Å². The number of hydrogen-bond acceptors (Lipinski definition) is 5. The van der Waals surface area contributed by atoms with E-state index >= 15 is 0 Å². The summed E-state index contributed by atoms with van der Waals surface area (Å²) in [7, 11) is 1.57. The minimum Gasteiger partial charge on any atom is -0.496 e.